The van der Waals surface area contributed by atoms with Gasteiger partial charge in [0.2, 0.25) is 0 Å². The van der Waals surface area contributed by atoms with Crippen molar-refractivity contribution in [3.05, 3.63) is 0 Å². The first-order valence-electron chi connectivity index (χ1n) is 4.35. The van der Waals surface area contributed by atoms with Crippen LogP contribution in [0.3, 0.4) is 0 Å². The van der Waals surface area contributed by atoms with Gasteiger partial charge in [-0.1, -0.05) is 39.0 Å². The lowest BCUT2D eigenvalue weighted by molar-refractivity contribution is -0.107. The van der Waals surface area contributed by atoms with Gasteiger partial charge in [0, 0.05) is 6.42 Å². The lowest BCUT2D eigenvalue weighted by atomic mass is 10.1. The monoisotopic (exact) mass is 168 g/mol. The molecule has 0 radical (unpaired) electrons. The lowest BCUT2D eigenvalue weighted by Crippen LogP contribution is -1.79. The van der Waals surface area contributed by atoms with Crippen molar-refractivity contribution in [2.75, 3.05) is 0 Å². The smallest absolute Gasteiger partial charge is 0.303 e. The summed E-state index contributed by atoms with van der Waals surface area (Å²) >= 11 is 0. The summed E-state index contributed by atoms with van der Waals surface area (Å²) in [6.07, 6.45) is 9.39. The summed E-state index contributed by atoms with van der Waals surface area (Å²) in [7, 11) is 0. The fourth-order valence-corrected chi connectivity index (χ4v) is 1.01. The first-order chi connectivity index (χ1) is 4.91. The second-order valence-corrected chi connectivity index (χ2v) is 2.72. The van der Waals surface area contributed by atoms with Crippen molar-refractivity contribution in [2.45, 2.75) is 51.9 Å². The van der Waals surface area contributed by atoms with Crippen LogP contribution < -0.4 is 0 Å². The first-order valence-corrected chi connectivity index (χ1v) is 4.35. The Kier molecular flexibility index (Phi) is 16.6. The maximum Gasteiger partial charge on any atom is 0.316 e. The molecule has 0 aromatic rings. The Bertz CT molecular complexity index is 74.0. The molecule has 0 N–H and O–H groups in total. The molecule has 2 heteroatoms. The number of rotatable bonds is 7. The molecule has 0 aromatic heterocycles. The molecule has 0 aliphatic heterocycles. The van der Waals surface area contributed by atoms with Crippen LogP contribution in [0.25, 0.3) is 0 Å². The Morgan fingerprint density at radius 1 is 1.00 bits per heavy atom. The van der Waals surface area contributed by atoms with Gasteiger partial charge >= 0.3 is 23.1 Å². The summed E-state index contributed by atoms with van der Waals surface area (Å²) in [6.45, 7) is 2.21. The summed E-state index contributed by atoms with van der Waals surface area (Å²) in [5.41, 5.74) is 0. The summed E-state index contributed by atoms with van der Waals surface area (Å²) < 4.78 is 0. The van der Waals surface area contributed by atoms with Crippen molar-refractivity contribution >= 4 is 29.3 Å². The molecular weight excluding hydrogens is 148 g/mol. The van der Waals surface area contributed by atoms with Crippen molar-refractivity contribution in [2.24, 2.45) is 0 Å². The quantitative estimate of drug-likeness (QED) is 0.323. The molecule has 0 atom stereocenters. The standard InChI is InChI=1S/C9H18O.Mg.2H/c1-2-3-4-5-6-7-8-9-10;;;/h9H,2-8H2,1H3;;;. The normalized spacial score (nSPS) is 8.82. The average Bonchev–Trinajstić information content (AvgIpc) is 1.97. The van der Waals surface area contributed by atoms with Gasteiger partial charge in [0.05, 0.1) is 0 Å². The minimum atomic E-state index is 0. The average molecular weight is 169 g/mol. The van der Waals surface area contributed by atoms with E-state index in [9.17, 15) is 4.79 Å². The van der Waals surface area contributed by atoms with Crippen LogP contribution in [0.4, 0.5) is 0 Å². The Morgan fingerprint density at radius 3 is 2.09 bits per heavy atom. The van der Waals surface area contributed by atoms with Gasteiger partial charge in [0.25, 0.3) is 0 Å². The summed E-state index contributed by atoms with van der Waals surface area (Å²) in [5.74, 6) is 0. The third-order valence-electron chi connectivity index (χ3n) is 1.68. The van der Waals surface area contributed by atoms with Crippen LogP contribution >= 0.6 is 0 Å². The molecular formula is C9H20MgO. The Balaban J connectivity index is 0. The second kappa shape index (κ2) is 13.1. The van der Waals surface area contributed by atoms with Gasteiger partial charge in [-0.15, -0.1) is 0 Å². The van der Waals surface area contributed by atoms with Crippen molar-refractivity contribution in [1.29, 1.82) is 0 Å². The number of hydrogen-bond donors (Lipinski definition) is 0. The predicted octanol–water partition coefficient (Wildman–Crippen LogP) is 2.02. The summed E-state index contributed by atoms with van der Waals surface area (Å²) in [5, 5.41) is 0. The Morgan fingerprint density at radius 2 is 1.55 bits per heavy atom. The number of carbonyl (C=O) groups excluding carboxylic acids is 1. The van der Waals surface area contributed by atoms with Gasteiger partial charge < -0.3 is 4.79 Å². The van der Waals surface area contributed by atoms with Gasteiger partial charge in [0.1, 0.15) is 6.29 Å². The molecule has 0 aromatic carbocycles. The molecule has 0 spiro atoms. The van der Waals surface area contributed by atoms with Crippen LogP contribution in [0.2, 0.25) is 0 Å². The topological polar surface area (TPSA) is 17.1 Å². The van der Waals surface area contributed by atoms with Crippen molar-refractivity contribution in [1.82, 2.24) is 0 Å². The highest BCUT2D eigenvalue weighted by molar-refractivity contribution is 5.75. The van der Waals surface area contributed by atoms with E-state index in [-0.39, 0.29) is 23.1 Å². The molecule has 11 heavy (non-hydrogen) atoms. The lowest BCUT2D eigenvalue weighted by Gasteiger charge is -1.95. The predicted molar refractivity (Wildman–Crippen MR) is 52.6 cm³/mol. The van der Waals surface area contributed by atoms with E-state index in [1.54, 1.807) is 0 Å². The molecule has 0 bridgehead atoms. The van der Waals surface area contributed by atoms with Crippen molar-refractivity contribution < 1.29 is 4.79 Å². The van der Waals surface area contributed by atoms with Gasteiger partial charge in [-0.05, 0) is 6.42 Å². The fraction of sp³-hybridized carbons (Fsp3) is 0.889. The number of unbranched alkanes of at least 4 members (excludes halogenated alkanes) is 6. The number of aldehydes is 1. The zero-order valence-electron chi connectivity index (χ0n) is 6.94. The van der Waals surface area contributed by atoms with Crippen LogP contribution in [0.15, 0.2) is 0 Å². The number of carbonyl (C=O) groups is 1. The minimum Gasteiger partial charge on any atom is -0.303 e. The SMILES string of the molecule is CCCCCCCCC=O.[MgH2]. The van der Waals surface area contributed by atoms with E-state index in [0.717, 1.165) is 19.1 Å². The van der Waals surface area contributed by atoms with E-state index >= 15 is 0 Å². The van der Waals surface area contributed by atoms with Crippen LogP contribution in [0, 0.1) is 0 Å². The van der Waals surface area contributed by atoms with Crippen molar-refractivity contribution in [3.8, 4) is 0 Å². The fourth-order valence-electron chi connectivity index (χ4n) is 1.01. The summed E-state index contributed by atoms with van der Waals surface area (Å²) in [4.78, 5) is 9.89. The second-order valence-electron chi connectivity index (χ2n) is 2.72. The molecule has 0 aliphatic carbocycles. The summed E-state index contributed by atoms with van der Waals surface area (Å²) in [6, 6.07) is 0. The third kappa shape index (κ3) is 13.4. The largest absolute Gasteiger partial charge is 0.316 e. The maximum absolute atomic E-state index is 9.89. The highest BCUT2D eigenvalue weighted by Crippen LogP contribution is 2.05. The van der Waals surface area contributed by atoms with Crippen LogP contribution in [-0.4, -0.2) is 29.3 Å². The highest BCUT2D eigenvalue weighted by atomic mass is 24.3. The first kappa shape index (κ1) is 14.0. The van der Waals surface area contributed by atoms with Gasteiger partial charge in [-0.25, -0.2) is 0 Å². The van der Waals surface area contributed by atoms with Crippen LogP contribution in [0.5, 0.6) is 0 Å². The van der Waals surface area contributed by atoms with Crippen molar-refractivity contribution in [3.63, 3.8) is 0 Å². The Hall–Kier alpha value is 0.436. The molecule has 0 fully saturated rings. The highest BCUT2D eigenvalue weighted by Gasteiger charge is 1.87. The molecule has 0 saturated heterocycles. The maximum atomic E-state index is 9.89. The van der Waals surface area contributed by atoms with E-state index in [0.29, 0.717) is 0 Å². The molecule has 64 valence electrons. The number of hydrogen-bond acceptors (Lipinski definition) is 1. The van der Waals surface area contributed by atoms with E-state index in [1.165, 1.54) is 32.1 Å². The molecule has 0 unspecified atom stereocenters. The zero-order valence-corrected chi connectivity index (χ0v) is 6.94. The Labute approximate surface area is 86.1 Å². The van der Waals surface area contributed by atoms with Crippen LogP contribution in [-0.2, 0) is 4.79 Å². The van der Waals surface area contributed by atoms with Gasteiger partial charge in [-0.2, -0.15) is 0 Å². The van der Waals surface area contributed by atoms with Gasteiger partial charge in [0.15, 0.2) is 0 Å². The molecule has 0 rings (SSSR count). The van der Waals surface area contributed by atoms with Crippen LogP contribution in [0.1, 0.15) is 51.9 Å². The minimum absolute atomic E-state index is 0. The molecule has 0 amide bonds. The molecule has 0 heterocycles. The third-order valence-corrected chi connectivity index (χ3v) is 1.68. The molecule has 1 nitrogen and oxygen atoms in total. The molecule has 0 saturated carbocycles. The van der Waals surface area contributed by atoms with E-state index in [4.69, 9.17) is 0 Å². The van der Waals surface area contributed by atoms with E-state index < -0.39 is 0 Å². The zero-order chi connectivity index (χ0) is 7.66. The molecule has 0 aliphatic rings. The van der Waals surface area contributed by atoms with E-state index in [2.05, 4.69) is 6.92 Å². The van der Waals surface area contributed by atoms with Gasteiger partial charge in [-0.3, -0.25) is 0 Å². The van der Waals surface area contributed by atoms with E-state index in [1.807, 2.05) is 0 Å².